The first kappa shape index (κ1) is 34.6. The molecular formula is C30H34ClN11O4S2Si. The first-order chi connectivity index (χ1) is 23.4. The molecule has 19 heteroatoms. The van der Waals surface area contributed by atoms with Crippen molar-refractivity contribution in [1.29, 1.82) is 0 Å². The summed E-state index contributed by atoms with van der Waals surface area (Å²) in [5.41, 5.74) is 2.31. The number of anilines is 1. The van der Waals surface area contributed by atoms with Gasteiger partial charge in [-0.2, -0.15) is 5.21 Å². The SMILES string of the molecule is CC(c1nn[nH]n1)n1nnnc1SCC1=C(C(=O)O[Si](C)(C)C)N2C(=O)C(NC(=O)C(c3ccccc3)N(C)c3ccccc3Cl)[C@@H]2SC1. The van der Waals surface area contributed by atoms with Crippen LogP contribution in [0, 0.1) is 0 Å². The third kappa shape index (κ3) is 7.22. The van der Waals surface area contributed by atoms with Crippen LogP contribution in [0.4, 0.5) is 5.69 Å². The molecule has 2 N–H and O–H groups in total. The van der Waals surface area contributed by atoms with E-state index in [-0.39, 0.29) is 11.6 Å². The third-order valence-electron chi connectivity index (χ3n) is 7.86. The van der Waals surface area contributed by atoms with E-state index >= 15 is 0 Å². The minimum absolute atomic E-state index is 0.201. The van der Waals surface area contributed by atoms with Crippen molar-refractivity contribution in [1.82, 2.24) is 51.0 Å². The van der Waals surface area contributed by atoms with Crippen molar-refractivity contribution in [3.05, 3.63) is 82.3 Å². The lowest BCUT2D eigenvalue weighted by Gasteiger charge is -2.50. The summed E-state index contributed by atoms with van der Waals surface area (Å²) in [6, 6.07) is 14.5. The second-order valence-electron chi connectivity index (χ2n) is 12.4. The van der Waals surface area contributed by atoms with Gasteiger partial charge in [-0.05, 0) is 60.3 Å². The largest absolute Gasteiger partial charge is 0.515 e. The highest BCUT2D eigenvalue weighted by Gasteiger charge is 2.55. The number of hydrogen-bond donors (Lipinski definition) is 2. The third-order valence-corrected chi connectivity index (χ3v) is 11.3. The summed E-state index contributed by atoms with van der Waals surface area (Å²) in [5, 5.41) is 29.6. The van der Waals surface area contributed by atoms with Crippen LogP contribution in [0.1, 0.15) is 30.4 Å². The lowest BCUT2D eigenvalue weighted by Crippen LogP contribution is -2.71. The van der Waals surface area contributed by atoms with Crippen LogP contribution in [0.2, 0.25) is 24.7 Å². The zero-order chi connectivity index (χ0) is 34.9. The van der Waals surface area contributed by atoms with Gasteiger partial charge in [0.2, 0.25) is 19.4 Å². The number of fused-ring (bicyclic) bond motifs is 1. The van der Waals surface area contributed by atoms with Crippen molar-refractivity contribution in [2.45, 2.75) is 55.2 Å². The van der Waals surface area contributed by atoms with Crippen LogP contribution in [0.5, 0.6) is 0 Å². The summed E-state index contributed by atoms with van der Waals surface area (Å²) in [6.07, 6.45) is 0. The number of β-lactam (4-membered cyclic amide) rings is 1. The molecule has 256 valence electrons. The average molecular weight is 740 g/mol. The number of carbonyl (C=O) groups is 3. The Kier molecular flexibility index (Phi) is 10.1. The van der Waals surface area contributed by atoms with E-state index in [1.165, 1.54) is 28.4 Å². The number of hydrogen-bond acceptors (Lipinski definition) is 13. The van der Waals surface area contributed by atoms with E-state index in [1.54, 1.807) is 22.7 Å². The summed E-state index contributed by atoms with van der Waals surface area (Å²) >= 11 is 9.31. The second-order valence-corrected chi connectivity index (χ2v) is 19.2. The van der Waals surface area contributed by atoms with E-state index in [2.05, 4.69) is 41.5 Å². The smallest absolute Gasteiger partial charge is 0.341 e. The maximum atomic E-state index is 14.1. The number of halogens is 1. The number of nitrogens with zero attached hydrogens (tertiary/aromatic N) is 9. The molecule has 6 rings (SSSR count). The van der Waals surface area contributed by atoms with Gasteiger partial charge in [-0.3, -0.25) is 14.5 Å². The predicted octanol–water partition coefficient (Wildman–Crippen LogP) is 3.45. The number of thioether (sulfide) groups is 2. The lowest BCUT2D eigenvalue weighted by atomic mass is 10.00. The average Bonchev–Trinajstić information content (AvgIpc) is 3.79. The number of amides is 2. The van der Waals surface area contributed by atoms with Crippen molar-refractivity contribution < 1.29 is 18.8 Å². The van der Waals surface area contributed by atoms with E-state index in [0.717, 1.165) is 5.56 Å². The number of nitrogens with one attached hydrogen (secondary N) is 2. The van der Waals surface area contributed by atoms with Gasteiger partial charge in [0.15, 0.2) is 5.82 Å². The van der Waals surface area contributed by atoms with Crippen molar-refractivity contribution in [3.63, 3.8) is 0 Å². The van der Waals surface area contributed by atoms with Crippen LogP contribution in [-0.4, -0.2) is 102 Å². The Morgan fingerprint density at radius 3 is 2.59 bits per heavy atom. The van der Waals surface area contributed by atoms with Gasteiger partial charge in [0.25, 0.3) is 5.91 Å². The molecule has 0 aliphatic carbocycles. The minimum atomic E-state index is -2.34. The number of tetrazole rings is 2. The highest BCUT2D eigenvalue weighted by molar-refractivity contribution is 8.01. The van der Waals surface area contributed by atoms with E-state index < -0.39 is 43.7 Å². The standard InChI is InChI=1S/C30H34ClN11O4S2Si/c1-17(25-33-36-37-34-25)42-30(35-38-39-42)48-16-19-15-47-28-22(27(44)41(28)24(19)29(45)46-49(3,4)5)32-26(43)23(18-11-7-6-8-12-18)40(2)21-14-10-9-13-20(21)31/h6-14,17,22-23,28H,15-16H2,1-5H3,(H,32,43)(H,33,34,36,37)/t17?,22?,23?,28-/m0/s1. The Morgan fingerprint density at radius 2 is 1.90 bits per heavy atom. The monoisotopic (exact) mass is 739 g/mol. The first-order valence-electron chi connectivity index (χ1n) is 15.3. The molecule has 49 heavy (non-hydrogen) atoms. The second kappa shape index (κ2) is 14.3. The fraction of sp³-hybridized carbons (Fsp3) is 0.367. The van der Waals surface area contributed by atoms with Gasteiger partial charge in [0.1, 0.15) is 29.2 Å². The van der Waals surface area contributed by atoms with Gasteiger partial charge >= 0.3 is 5.97 Å². The number of rotatable bonds is 12. The van der Waals surface area contributed by atoms with E-state index in [0.29, 0.717) is 38.8 Å². The Bertz CT molecular complexity index is 1870. The van der Waals surface area contributed by atoms with Crippen molar-refractivity contribution in [3.8, 4) is 0 Å². The zero-order valence-electron chi connectivity index (χ0n) is 27.3. The minimum Gasteiger partial charge on any atom is -0.515 e. The predicted molar refractivity (Wildman–Crippen MR) is 187 cm³/mol. The molecule has 2 amide bonds. The molecule has 0 radical (unpaired) electrons. The quantitative estimate of drug-likeness (QED) is 0.123. The molecule has 0 spiro atoms. The molecule has 4 heterocycles. The number of H-pyrrole nitrogens is 1. The number of benzene rings is 2. The molecule has 2 aliphatic rings. The van der Waals surface area contributed by atoms with Gasteiger partial charge in [-0.15, -0.1) is 27.1 Å². The molecule has 1 fully saturated rings. The summed E-state index contributed by atoms with van der Waals surface area (Å²) in [5.74, 6) is -0.165. The van der Waals surface area contributed by atoms with Gasteiger partial charge in [0.05, 0.1) is 10.7 Å². The maximum absolute atomic E-state index is 14.1. The maximum Gasteiger partial charge on any atom is 0.341 e. The van der Waals surface area contributed by atoms with E-state index in [1.807, 2.05) is 75.1 Å². The molecule has 3 unspecified atom stereocenters. The van der Waals surface area contributed by atoms with E-state index in [4.69, 9.17) is 16.0 Å². The fourth-order valence-electron chi connectivity index (χ4n) is 5.54. The van der Waals surface area contributed by atoms with Gasteiger partial charge in [-0.25, -0.2) is 9.48 Å². The molecule has 2 aliphatic heterocycles. The lowest BCUT2D eigenvalue weighted by molar-refractivity contribution is -0.150. The molecule has 0 bridgehead atoms. The van der Waals surface area contributed by atoms with Crippen LogP contribution in [-0.2, 0) is 18.8 Å². The Balaban J connectivity index is 1.24. The summed E-state index contributed by atoms with van der Waals surface area (Å²) in [4.78, 5) is 44.9. The molecule has 4 atom stereocenters. The van der Waals surface area contributed by atoms with Crippen molar-refractivity contribution in [2.24, 2.45) is 0 Å². The van der Waals surface area contributed by atoms with Crippen LogP contribution in [0.25, 0.3) is 0 Å². The Hall–Kier alpha value is -4.26. The fourth-order valence-corrected chi connectivity index (χ4v) is 8.90. The molecular weight excluding hydrogens is 706 g/mol. The summed E-state index contributed by atoms with van der Waals surface area (Å²) < 4.78 is 7.48. The first-order valence-corrected chi connectivity index (χ1v) is 21.1. The highest BCUT2D eigenvalue weighted by Crippen LogP contribution is 2.43. The van der Waals surface area contributed by atoms with Crippen molar-refractivity contribution in [2.75, 3.05) is 23.5 Å². The Labute approximate surface area is 296 Å². The molecule has 2 aromatic heterocycles. The summed E-state index contributed by atoms with van der Waals surface area (Å²) in [6.45, 7) is 7.55. The van der Waals surface area contributed by atoms with Gasteiger partial charge < -0.3 is 14.6 Å². The van der Waals surface area contributed by atoms with Gasteiger partial charge in [-0.1, -0.05) is 71.0 Å². The van der Waals surface area contributed by atoms with Crippen LogP contribution >= 0.6 is 35.1 Å². The number of aromatic amines is 1. The van der Waals surface area contributed by atoms with Crippen LogP contribution < -0.4 is 10.2 Å². The number of aromatic nitrogens is 8. The molecule has 15 nitrogen and oxygen atoms in total. The number of carbonyl (C=O) groups excluding carboxylic acids is 3. The molecule has 2 aromatic carbocycles. The normalized spacial score (nSPS) is 18.7. The Morgan fingerprint density at radius 1 is 1.16 bits per heavy atom. The zero-order valence-corrected chi connectivity index (χ0v) is 30.7. The topological polar surface area (TPSA) is 177 Å². The molecule has 4 aromatic rings. The molecule has 1 saturated heterocycles. The number of likely N-dealkylation sites (N-methyl/N-ethyl adjacent to an activating group) is 1. The van der Waals surface area contributed by atoms with E-state index in [9.17, 15) is 14.4 Å². The number of para-hydroxylation sites is 1. The highest BCUT2D eigenvalue weighted by atomic mass is 35.5. The van der Waals surface area contributed by atoms with Crippen LogP contribution in [0.15, 0.2) is 71.0 Å². The molecule has 0 saturated carbocycles. The van der Waals surface area contributed by atoms with Crippen molar-refractivity contribution >= 4 is 66.9 Å². The van der Waals surface area contributed by atoms with Crippen LogP contribution in [0.3, 0.4) is 0 Å². The van der Waals surface area contributed by atoms with Gasteiger partial charge in [0, 0.05) is 18.6 Å². The summed E-state index contributed by atoms with van der Waals surface area (Å²) in [7, 11) is -0.549.